The SMILES string of the molecule is CN(Cc1ccco1)C(=O)c1cc([N+](=O)[O-])ccc1N1CCOCC1. The van der Waals surface area contributed by atoms with E-state index >= 15 is 0 Å². The predicted molar refractivity (Wildman–Crippen MR) is 90.6 cm³/mol. The van der Waals surface area contributed by atoms with Gasteiger partial charge < -0.3 is 19.0 Å². The summed E-state index contributed by atoms with van der Waals surface area (Å²) < 4.78 is 10.6. The van der Waals surface area contributed by atoms with E-state index in [-0.39, 0.29) is 18.1 Å². The van der Waals surface area contributed by atoms with Crippen LogP contribution in [0.1, 0.15) is 16.1 Å². The molecule has 0 atom stereocenters. The van der Waals surface area contributed by atoms with E-state index < -0.39 is 4.92 Å². The lowest BCUT2D eigenvalue weighted by molar-refractivity contribution is -0.384. The predicted octanol–water partition coefficient (Wildman–Crippen LogP) is 2.30. The van der Waals surface area contributed by atoms with Crippen LogP contribution < -0.4 is 4.90 Å². The smallest absolute Gasteiger partial charge is 0.270 e. The van der Waals surface area contributed by atoms with Crippen molar-refractivity contribution in [1.82, 2.24) is 4.90 Å². The van der Waals surface area contributed by atoms with Crippen molar-refractivity contribution in [3.63, 3.8) is 0 Å². The molecule has 132 valence electrons. The van der Waals surface area contributed by atoms with Crippen LogP contribution in [0, 0.1) is 10.1 Å². The Morgan fingerprint density at radius 3 is 2.72 bits per heavy atom. The first kappa shape index (κ1) is 17.0. The second-order valence-electron chi connectivity index (χ2n) is 5.80. The summed E-state index contributed by atoms with van der Waals surface area (Å²) in [5.74, 6) is 0.357. The molecule has 1 saturated heterocycles. The van der Waals surface area contributed by atoms with Gasteiger partial charge >= 0.3 is 0 Å². The summed E-state index contributed by atoms with van der Waals surface area (Å²) in [5, 5.41) is 11.1. The van der Waals surface area contributed by atoms with Crippen molar-refractivity contribution in [3.05, 3.63) is 58.0 Å². The molecule has 1 aromatic carbocycles. The molecular formula is C17H19N3O5. The van der Waals surface area contributed by atoms with Crippen molar-refractivity contribution >= 4 is 17.3 Å². The topological polar surface area (TPSA) is 89.1 Å². The van der Waals surface area contributed by atoms with Gasteiger partial charge in [0.05, 0.1) is 42.2 Å². The summed E-state index contributed by atoms with van der Waals surface area (Å²) >= 11 is 0. The molecule has 2 aromatic rings. The average molecular weight is 345 g/mol. The first-order valence-corrected chi connectivity index (χ1v) is 7.95. The van der Waals surface area contributed by atoms with Crippen molar-refractivity contribution in [3.8, 4) is 0 Å². The summed E-state index contributed by atoms with van der Waals surface area (Å²) in [6.07, 6.45) is 1.54. The number of anilines is 1. The Morgan fingerprint density at radius 2 is 2.08 bits per heavy atom. The van der Waals surface area contributed by atoms with E-state index in [1.54, 1.807) is 31.5 Å². The fraction of sp³-hybridized carbons (Fsp3) is 0.353. The Hall–Kier alpha value is -2.87. The van der Waals surface area contributed by atoms with Gasteiger partial charge in [-0.25, -0.2) is 0 Å². The van der Waals surface area contributed by atoms with Gasteiger partial charge in [0.1, 0.15) is 5.76 Å². The third kappa shape index (κ3) is 3.80. The highest BCUT2D eigenvalue weighted by Crippen LogP contribution is 2.27. The van der Waals surface area contributed by atoms with Crippen molar-refractivity contribution < 1.29 is 18.9 Å². The number of hydrogen-bond acceptors (Lipinski definition) is 6. The molecule has 1 amide bonds. The molecule has 0 radical (unpaired) electrons. The number of nitro benzene ring substituents is 1. The molecular weight excluding hydrogens is 326 g/mol. The number of nitro groups is 1. The van der Waals surface area contributed by atoms with Crippen LogP contribution in [-0.4, -0.2) is 49.1 Å². The molecule has 0 unspecified atom stereocenters. The van der Waals surface area contributed by atoms with E-state index in [9.17, 15) is 14.9 Å². The Morgan fingerprint density at radius 1 is 1.32 bits per heavy atom. The minimum Gasteiger partial charge on any atom is -0.467 e. The maximum absolute atomic E-state index is 12.9. The third-order valence-corrected chi connectivity index (χ3v) is 4.09. The van der Waals surface area contributed by atoms with E-state index in [1.165, 1.54) is 17.0 Å². The molecule has 1 aliphatic heterocycles. The van der Waals surface area contributed by atoms with Crippen LogP contribution in [0.3, 0.4) is 0 Å². The van der Waals surface area contributed by atoms with Crippen molar-refractivity contribution in [2.45, 2.75) is 6.54 Å². The largest absolute Gasteiger partial charge is 0.467 e. The molecule has 3 rings (SSSR count). The summed E-state index contributed by atoms with van der Waals surface area (Å²) in [4.78, 5) is 27.0. The third-order valence-electron chi connectivity index (χ3n) is 4.09. The molecule has 1 aromatic heterocycles. The number of furan rings is 1. The minimum absolute atomic E-state index is 0.105. The summed E-state index contributed by atoms with van der Waals surface area (Å²) in [6, 6.07) is 7.93. The van der Waals surface area contributed by atoms with Gasteiger partial charge in [-0.15, -0.1) is 0 Å². The van der Waals surface area contributed by atoms with Gasteiger partial charge in [0.15, 0.2) is 0 Å². The number of morpholine rings is 1. The van der Waals surface area contributed by atoms with Gasteiger partial charge in [0, 0.05) is 32.3 Å². The quantitative estimate of drug-likeness (QED) is 0.610. The number of carbonyl (C=O) groups is 1. The van der Waals surface area contributed by atoms with Crippen LogP contribution in [0.25, 0.3) is 0 Å². The van der Waals surface area contributed by atoms with E-state index in [1.807, 2.05) is 4.90 Å². The standard InChI is InChI=1S/C17H19N3O5/c1-18(12-14-3-2-8-25-14)17(21)15-11-13(20(22)23)4-5-16(15)19-6-9-24-10-7-19/h2-5,8,11H,6-7,9-10,12H2,1H3. The molecule has 0 aliphatic carbocycles. The van der Waals surface area contributed by atoms with Gasteiger partial charge in [-0.05, 0) is 18.2 Å². The lowest BCUT2D eigenvalue weighted by Crippen LogP contribution is -2.38. The van der Waals surface area contributed by atoms with Gasteiger partial charge in [-0.1, -0.05) is 0 Å². The number of benzene rings is 1. The zero-order chi connectivity index (χ0) is 17.8. The van der Waals surface area contributed by atoms with Crippen LogP contribution >= 0.6 is 0 Å². The summed E-state index contributed by atoms with van der Waals surface area (Å²) in [5.41, 5.74) is 0.891. The van der Waals surface area contributed by atoms with E-state index in [4.69, 9.17) is 9.15 Å². The number of amides is 1. The molecule has 0 N–H and O–H groups in total. The van der Waals surface area contributed by atoms with E-state index in [0.29, 0.717) is 43.3 Å². The minimum atomic E-state index is -0.494. The highest BCUT2D eigenvalue weighted by Gasteiger charge is 2.24. The Labute approximate surface area is 144 Å². The first-order chi connectivity index (χ1) is 12.1. The van der Waals surface area contributed by atoms with Crippen molar-refractivity contribution in [2.24, 2.45) is 0 Å². The zero-order valence-corrected chi connectivity index (χ0v) is 13.9. The van der Waals surface area contributed by atoms with Gasteiger partial charge in [-0.3, -0.25) is 14.9 Å². The van der Waals surface area contributed by atoms with Gasteiger partial charge in [0.25, 0.3) is 11.6 Å². The van der Waals surface area contributed by atoms with Gasteiger partial charge in [0.2, 0.25) is 0 Å². The number of hydrogen-bond donors (Lipinski definition) is 0. The highest BCUT2D eigenvalue weighted by atomic mass is 16.6. The van der Waals surface area contributed by atoms with Crippen LogP contribution in [0.5, 0.6) is 0 Å². The van der Waals surface area contributed by atoms with Crippen LogP contribution in [-0.2, 0) is 11.3 Å². The number of ether oxygens (including phenoxy) is 1. The first-order valence-electron chi connectivity index (χ1n) is 7.95. The Bertz CT molecular complexity index is 754. The number of non-ortho nitro benzene ring substituents is 1. The molecule has 2 heterocycles. The Kier molecular flexibility index (Phi) is 4.99. The normalized spacial score (nSPS) is 14.4. The zero-order valence-electron chi connectivity index (χ0n) is 13.9. The molecule has 1 aliphatic rings. The van der Waals surface area contributed by atoms with E-state index in [0.717, 1.165) is 0 Å². The fourth-order valence-electron chi connectivity index (χ4n) is 2.80. The second kappa shape index (κ2) is 7.35. The summed E-state index contributed by atoms with van der Waals surface area (Å²) in [6.45, 7) is 2.69. The summed E-state index contributed by atoms with van der Waals surface area (Å²) in [7, 11) is 1.65. The molecule has 0 bridgehead atoms. The number of carbonyl (C=O) groups excluding carboxylic acids is 1. The molecule has 0 spiro atoms. The molecule has 1 fully saturated rings. The fourth-order valence-corrected chi connectivity index (χ4v) is 2.80. The van der Waals surface area contributed by atoms with E-state index in [2.05, 4.69) is 0 Å². The highest BCUT2D eigenvalue weighted by molar-refractivity contribution is 6.00. The van der Waals surface area contributed by atoms with Crippen LogP contribution in [0.4, 0.5) is 11.4 Å². The maximum atomic E-state index is 12.9. The molecule has 8 nitrogen and oxygen atoms in total. The Balaban J connectivity index is 1.91. The number of rotatable bonds is 5. The molecule has 0 saturated carbocycles. The van der Waals surface area contributed by atoms with Crippen LogP contribution in [0.15, 0.2) is 41.0 Å². The lowest BCUT2D eigenvalue weighted by atomic mass is 10.1. The number of nitrogens with zero attached hydrogens (tertiary/aromatic N) is 3. The lowest BCUT2D eigenvalue weighted by Gasteiger charge is -2.31. The monoisotopic (exact) mass is 345 g/mol. The molecule has 25 heavy (non-hydrogen) atoms. The second-order valence-corrected chi connectivity index (χ2v) is 5.80. The maximum Gasteiger partial charge on any atom is 0.270 e. The van der Waals surface area contributed by atoms with Crippen molar-refractivity contribution in [2.75, 3.05) is 38.3 Å². The van der Waals surface area contributed by atoms with Gasteiger partial charge in [-0.2, -0.15) is 0 Å². The van der Waals surface area contributed by atoms with Crippen molar-refractivity contribution in [1.29, 1.82) is 0 Å². The van der Waals surface area contributed by atoms with Crippen LogP contribution in [0.2, 0.25) is 0 Å². The average Bonchev–Trinajstić information content (AvgIpc) is 3.14. The molecule has 8 heteroatoms.